The van der Waals surface area contributed by atoms with Gasteiger partial charge >= 0.3 is 0 Å². The molecule has 1 saturated heterocycles. The van der Waals surface area contributed by atoms with E-state index in [2.05, 4.69) is 26.1 Å². The molecule has 0 aromatic heterocycles. The third kappa shape index (κ3) is 2.17. The van der Waals surface area contributed by atoms with Crippen molar-refractivity contribution in [2.45, 2.75) is 33.3 Å². The quantitative estimate of drug-likeness (QED) is 0.654. The van der Waals surface area contributed by atoms with Crippen LogP contribution in [0.2, 0.25) is 0 Å². The molecule has 1 fully saturated rings. The summed E-state index contributed by atoms with van der Waals surface area (Å²) in [5, 5.41) is 3.38. The Bertz CT molecular complexity index is 121. The van der Waals surface area contributed by atoms with Crippen molar-refractivity contribution >= 4 is 0 Å². The van der Waals surface area contributed by atoms with E-state index in [1.165, 1.54) is 0 Å². The Morgan fingerprint density at radius 3 is 2.82 bits per heavy atom. The monoisotopic (exact) mass is 157 g/mol. The van der Waals surface area contributed by atoms with E-state index in [1.807, 2.05) is 0 Å². The van der Waals surface area contributed by atoms with Crippen molar-refractivity contribution in [1.82, 2.24) is 5.32 Å². The molecule has 1 heterocycles. The molecule has 11 heavy (non-hydrogen) atoms. The molecule has 2 nitrogen and oxygen atoms in total. The maximum atomic E-state index is 5.66. The molecule has 0 unspecified atom stereocenters. The van der Waals surface area contributed by atoms with Crippen LogP contribution >= 0.6 is 0 Å². The second-order valence-corrected chi connectivity index (χ2v) is 3.90. The summed E-state index contributed by atoms with van der Waals surface area (Å²) in [4.78, 5) is 0. The number of hydrogen-bond donors (Lipinski definition) is 1. The first-order chi connectivity index (χ1) is 5.17. The Morgan fingerprint density at radius 2 is 2.27 bits per heavy atom. The molecule has 1 rings (SSSR count). The largest absolute Gasteiger partial charge is 0.378 e. The Morgan fingerprint density at radius 1 is 1.55 bits per heavy atom. The smallest absolute Gasteiger partial charge is 0.0650 e. The van der Waals surface area contributed by atoms with Gasteiger partial charge in [-0.2, -0.15) is 0 Å². The lowest BCUT2D eigenvalue weighted by Crippen LogP contribution is -2.47. The van der Waals surface area contributed by atoms with Crippen molar-refractivity contribution in [2.24, 2.45) is 5.41 Å². The molecule has 0 aromatic carbocycles. The van der Waals surface area contributed by atoms with E-state index in [4.69, 9.17) is 4.74 Å². The first-order valence-electron chi connectivity index (χ1n) is 4.49. The molecule has 0 aliphatic carbocycles. The number of ether oxygens (including phenoxy) is 1. The molecule has 0 spiro atoms. The Kier molecular flexibility index (Phi) is 2.90. The fraction of sp³-hybridized carbons (Fsp3) is 1.00. The molecular weight excluding hydrogens is 138 g/mol. The van der Waals surface area contributed by atoms with Gasteiger partial charge < -0.3 is 10.1 Å². The molecule has 1 N–H and O–H groups in total. The Balaban J connectivity index is 2.45. The lowest BCUT2D eigenvalue weighted by molar-refractivity contribution is -0.0372. The second-order valence-electron chi connectivity index (χ2n) is 3.90. The van der Waals surface area contributed by atoms with E-state index >= 15 is 0 Å². The minimum Gasteiger partial charge on any atom is -0.378 e. The van der Waals surface area contributed by atoms with Gasteiger partial charge in [-0.05, 0) is 19.9 Å². The van der Waals surface area contributed by atoms with Crippen LogP contribution in [0.25, 0.3) is 0 Å². The summed E-state index contributed by atoms with van der Waals surface area (Å²) in [6.07, 6.45) is 1.61. The third-order valence-electron chi connectivity index (χ3n) is 2.40. The predicted octanol–water partition coefficient (Wildman–Crippen LogP) is 1.41. The molecule has 1 aliphatic heterocycles. The van der Waals surface area contributed by atoms with E-state index in [9.17, 15) is 0 Å². The van der Waals surface area contributed by atoms with Gasteiger partial charge in [0, 0.05) is 18.6 Å². The lowest BCUT2D eigenvalue weighted by Gasteiger charge is -2.38. The summed E-state index contributed by atoms with van der Waals surface area (Å²) < 4.78 is 5.66. The van der Waals surface area contributed by atoms with Crippen LogP contribution in [0.3, 0.4) is 0 Å². The van der Waals surface area contributed by atoms with Crippen molar-refractivity contribution in [3.8, 4) is 0 Å². The van der Waals surface area contributed by atoms with Crippen molar-refractivity contribution in [3.05, 3.63) is 0 Å². The van der Waals surface area contributed by atoms with Crippen LogP contribution in [-0.2, 0) is 4.74 Å². The summed E-state index contributed by atoms with van der Waals surface area (Å²) in [6.45, 7) is 9.62. The van der Waals surface area contributed by atoms with Gasteiger partial charge in [-0.15, -0.1) is 0 Å². The minimum atomic E-state index is 0.314. The van der Waals surface area contributed by atoms with E-state index in [-0.39, 0.29) is 0 Å². The van der Waals surface area contributed by atoms with Gasteiger partial charge in [-0.25, -0.2) is 0 Å². The lowest BCUT2D eigenvalue weighted by atomic mass is 9.82. The Labute approximate surface area is 69.3 Å². The van der Waals surface area contributed by atoms with Crippen molar-refractivity contribution < 1.29 is 4.74 Å². The van der Waals surface area contributed by atoms with E-state index in [0.717, 1.165) is 26.1 Å². The van der Waals surface area contributed by atoms with Crippen molar-refractivity contribution in [3.63, 3.8) is 0 Å². The standard InChI is InChI=1S/C9H19NO/c1-4-11-8-5-6-10-7-9(8,2)3/h8,10H,4-7H2,1-3H3/t8-/m0/s1. The normalized spacial score (nSPS) is 30.3. The van der Waals surface area contributed by atoms with Crippen molar-refractivity contribution in [1.29, 1.82) is 0 Å². The Hall–Kier alpha value is -0.0800. The van der Waals surface area contributed by atoms with Crippen LogP contribution in [0.5, 0.6) is 0 Å². The molecule has 66 valence electrons. The molecule has 2 heteroatoms. The summed E-state index contributed by atoms with van der Waals surface area (Å²) in [5.41, 5.74) is 0.314. The average molecular weight is 157 g/mol. The zero-order chi connectivity index (χ0) is 8.32. The highest BCUT2D eigenvalue weighted by Gasteiger charge is 2.32. The number of rotatable bonds is 2. The van der Waals surface area contributed by atoms with Crippen LogP contribution in [0.1, 0.15) is 27.2 Å². The van der Waals surface area contributed by atoms with Gasteiger partial charge in [0.1, 0.15) is 0 Å². The van der Waals surface area contributed by atoms with E-state index in [1.54, 1.807) is 0 Å². The van der Waals surface area contributed by atoms with Gasteiger partial charge in [0.05, 0.1) is 6.10 Å². The average Bonchev–Trinajstić information content (AvgIpc) is 1.94. The van der Waals surface area contributed by atoms with Crippen LogP contribution < -0.4 is 5.32 Å². The zero-order valence-corrected chi connectivity index (χ0v) is 7.81. The topological polar surface area (TPSA) is 21.3 Å². The molecule has 0 saturated carbocycles. The summed E-state index contributed by atoms with van der Waals surface area (Å²) in [6, 6.07) is 0. The molecular formula is C9H19NO. The van der Waals surface area contributed by atoms with Gasteiger partial charge in [0.15, 0.2) is 0 Å². The van der Waals surface area contributed by atoms with Crippen LogP contribution in [0.4, 0.5) is 0 Å². The summed E-state index contributed by atoms with van der Waals surface area (Å²) in [5.74, 6) is 0. The fourth-order valence-electron chi connectivity index (χ4n) is 1.66. The van der Waals surface area contributed by atoms with Gasteiger partial charge in [0.25, 0.3) is 0 Å². The van der Waals surface area contributed by atoms with E-state index in [0.29, 0.717) is 11.5 Å². The fourth-order valence-corrected chi connectivity index (χ4v) is 1.66. The highest BCUT2D eigenvalue weighted by Crippen LogP contribution is 2.27. The van der Waals surface area contributed by atoms with Gasteiger partial charge in [0.2, 0.25) is 0 Å². The molecule has 0 radical (unpaired) electrons. The van der Waals surface area contributed by atoms with Gasteiger partial charge in [-0.3, -0.25) is 0 Å². The molecule has 0 bridgehead atoms. The van der Waals surface area contributed by atoms with E-state index < -0.39 is 0 Å². The summed E-state index contributed by atoms with van der Waals surface area (Å²) in [7, 11) is 0. The molecule has 1 aliphatic rings. The molecule has 1 atom stereocenters. The maximum Gasteiger partial charge on any atom is 0.0650 e. The van der Waals surface area contributed by atoms with Crippen LogP contribution in [-0.4, -0.2) is 25.8 Å². The van der Waals surface area contributed by atoms with Crippen LogP contribution in [0.15, 0.2) is 0 Å². The molecule has 0 aromatic rings. The number of piperidine rings is 1. The predicted molar refractivity (Wildman–Crippen MR) is 46.7 cm³/mol. The number of nitrogens with one attached hydrogen (secondary N) is 1. The first kappa shape index (κ1) is 9.01. The summed E-state index contributed by atoms with van der Waals surface area (Å²) >= 11 is 0. The van der Waals surface area contributed by atoms with Gasteiger partial charge in [-0.1, -0.05) is 13.8 Å². The highest BCUT2D eigenvalue weighted by molar-refractivity contribution is 4.85. The zero-order valence-electron chi connectivity index (χ0n) is 7.81. The van der Waals surface area contributed by atoms with Crippen LogP contribution in [0, 0.1) is 5.41 Å². The third-order valence-corrected chi connectivity index (χ3v) is 2.40. The molecule has 0 amide bonds. The first-order valence-corrected chi connectivity index (χ1v) is 4.49. The minimum absolute atomic E-state index is 0.314. The maximum absolute atomic E-state index is 5.66. The van der Waals surface area contributed by atoms with Crippen molar-refractivity contribution in [2.75, 3.05) is 19.7 Å². The number of hydrogen-bond acceptors (Lipinski definition) is 2. The second kappa shape index (κ2) is 3.55. The SMILES string of the molecule is CCO[C@H]1CCNCC1(C)C. The highest BCUT2D eigenvalue weighted by atomic mass is 16.5.